The SMILES string of the molecule is CCOC(=O)c1c(C)[nH]c(/C=N/NC(=S)NC[C@H]2CCCO2)c1C. The van der Waals surface area contributed by atoms with Crippen LogP contribution in [0, 0.1) is 13.8 Å². The minimum Gasteiger partial charge on any atom is -0.462 e. The maximum absolute atomic E-state index is 11.9. The summed E-state index contributed by atoms with van der Waals surface area (Å²) < 4.78 is 10.6. The molecule has 1 fully saturated rings. The second kappa shape index (κ2) is 8.79. The van der Waals surface area contributed by atoms with E-state index in [9.17, 15) is 4.79 Å². The van der Waals surface area contributed by atoms with Crippen molar-refractivity contribution in [3.63, 3.8) is 0 Å². The van der Waals surface area contributed by atoms with Gasteiger partial charge in [-0.1, -0.05) is 0 Å². The third-order valence-electron chi connectivity index (χ3n) is 3.83. The van der Waals surface area contributed by atoms with Crippen molar-refractivity contribution >= 4 is 29.5 Å². The highest BCUT2D eigenvalue weighted by Crippen LogP contribution is 2.17. The Balaban J connectivity index is 1.88. The molecule has 1 aromatic rings. The van der Waals surface area contributed by atoms with Gasteiger partial charge in [-0.3, -0.25) is 5.43 Å². The second-order valence-electron chi connectivity index (χ2n) is 5.60. The quantitative estimate of drug-likeness (QED) is 0.313. The van der Waals surface area contributed by atoms with Crippen molar-refractivity contribution in [2.75, 3.05) is 19.8 Å². The first kappa shape index (κ1) is 18.4. The van der Waals surface area contributed by atoms with Crippen molar-refractivity contribution in [1.29, 1.82) is 0 Å². The molecule has 0 spiro atoms. The molecule has 1 aliphatic rings. The third-order valence-corrected chi connectivity index (χ3v) is 4.07. The van der Waals surface area contributed by atoms with E-state index in [0.29, 0.717) is 23.8 Å². The van der Waals surface area contributed by atoms with Gasteiger partial charge in [-0.05, 0) is 51.4 Å². The number of ether oxygens (including phenoxy) is 2. The van der Waals surface area contributed by atoms with E-state index in [1.807, 2.05) is 13.8 Å². The number of hydrogen-bond donors (Lipinski definition) is 3. The minimum atomic E-state index is -0.329. The molecular weight excluding hydrogens is 328 g/mol. The number of aromatic amines is 1. The second-order valence-corrected chi connectivity index (χ2v) is 6.01. The zero-order chi connectivity index (χ0) is 17.5. The molecule has 0 saturated carbocycles. The fourth-order valence-corrected chi connectivity index (χ4v) is 2.76. The molecule has 0 aromatic carbocycles. The first-order valence-corrected chi connectivity index (χ1v) is 8.48. The summed E-state index contributed by atoms with van der Waals surface area (Å²) in [6.07, 6.45) is 3.97. The fraction of sp³-hybridized carbons (Fsp3) is 0.562. The van der Waals surface area contributed by atoms with Crippen LogP contribution in [0.15, 0.2) is 5.10 Å². The Hall–Kier alpha value is -1.93. The van der Waals surface area contributed by atoms with Gasteiger partial charge in [-0.15, -0.1) is 0 Å². The molecule has 1 aliphatic heterocycles. The summed E-state index contributed by atoms with van der Waals surface area (Å²) >= 11 is 5.17. The monoisotopic (exact) mass is 352 g/mol. The van der Waals surface area contributed by atoms with Gasteiger partial charge in [0.15, 0.2) is 5.11 Å². The van der Waals surface area contributed by atoms with E-state index in [1.165, 1.54) is 0 Å². The molecule has 8 heteroatoms. The molecule has 0 aliphatic carbocycles. The predicted octanol–water partition coefficient (Wildman–Crippen LogP) is 1.79. The molecule has 0 radical (unpaired) electrons. The molecule has 2 rings (SSSR count). The van der Waals surface area contributed by atoms with Crippen LogP contribution in [0.1, 0.15) is 47.1 Å². The van der Waals surface area contributed by atoms with Crippen molar-refractivity contribution in [3.05, 3.63) is 22.5 Å². The van der Waals surface area contributed by atoms with Gasteiger partial charge in [-0.25, -0.2) is 4.79 Å². The van der Waals surface area contributed by atoms with Crippen LogP contribution in [0.2, 0.25) is 0 Å². The van der Waals surface area contributed by atoms with Gasteiger partial charge < -0.3 is 19.8 Å². The van der Waals surface area contributed by atoms with Crippen LogP contribution >= 0.6 is 12.2 Å². The highest BCUT2D eigenvalue weighted by atomic mass is 32.1. The van der Waals surface area contributed by atoms with Gasteiger partial charge in [0.1, 0.15) is 0 Å². The lowest BCUT2D eigenvalue weighted by atomic mass is 10.1. The highest BCUT2D eigenvalue weighted by Gasteiger charge is 2.18. The molecule has 0 amide bonds. The largest absolute Gasteiger partial charge is 0.462 e. The Morgan fingerprint density at radius 3 is 3.00 bits per heavy atom. The summed E-state index contributed by atoms with van der Waals surface area (Å²) in [5, 5.41) is 7.62. The molecule has 1 atom stereocenters. The minimum absolute atomic E-state index is 0.217. The van der Waals surface area contributed by atoms with E-state index in [0.717, 1.165) is 36.4 Å². The van der Waals surface area contributed by atoms with Crippen LogP contribution < -0.4 is 10.7 Å². The van der Waals surface area contributed by atoms with Crippen molar-refractivity contribution < 1.29 is 14.3 Å². The lowest BCUT2D eigenvalue weighted by Crippen LogP contribution is -2.37. The first-order chi connectivity index (χ1) is 11.5. The van der Waals surface area contributed by atoms with Gasteiger partial charge in [0.2, 0.25) is 0 Å². The number of esters is 1. The number of carbonyl (C=O) groups excluding carboxylic acids is 1. The molecule has 1 saturated heterocycles. The smallest absolute Gasteiger partial charge is 0.340 e. The van der Waals surface area contributed by atoms with Gasteiger partial charge in [0, 0.05) is 18.8 Å². The number of carbonyl (C=O) groups is 1. The standard InChI is InChI=1S/C16H24N4O3S/c1-4-22-15(21)14-10(2)13(19-11(14)3)9-18-20-16(24)17-8-12-6-5-7-23-12/h9,12,19H,4-8H2,1-3H3,(H2,17,20,24)/b18-9+/t12-/m1/s1. The third kappa shape index (κ3) is 4.78. The first-order valence-electron chi connectivity index (χ1n) is 8.07. The maximum atomic E-state index is 11.9. The number of rotatable bonds is 6. The summed E-state index contributed by atoms with van der Waals surface area (Å²) in [6.45, 7) is 7.31. The maximum Gasteiger partial charge on any atom is 0.340 e. The average molecular weight is 352 g/mol. The molecular formula is C16H24N4O3S. The van der Waals surface area contributed by atoms with E-state index in [1.54, 1.807) is 13.1 Å². The number of aromatic nitrogens is 1. The van der Waals surface area contributed by atoms with Crippen LogP contribution in [-0.2, 0) is 9.47 Å². The Kier molecular flexibility index (Phi) is 6.74. The summed E-state index contributed by atoms with van der Waals surface area (Å²) in [4.78, 5) is 15.1. The fourth-order valence-electron chi connectivity index (χ4n) is 2.62. The summed E-state index contributed by atoms with van der Waals surface area (Å²) in [7, 11) is 0. The molecule has 2 heterocycles. The van der Waals surface area contributed by atoms with Crippen LogP contribution in [-0.4, -0.2) is 48.1 Å². The molecule has 7 nitrogen and oxygen atoms in total. The van der Waals surface area contributed by atoms with Crippen molar-refractivity contribution in [2.45, 2.75) is 39.7 Å². The van der Waals surface area contributed by atoms with Gasteiger partial charge >= 0.3 is 5.97 Å². The number of nitrogens with one attached hydrogen (secondary N) is 3. The Bertz CT molecular complexity index is 621. The van der Waals surface area contributed by atoms with Crippen molar-refractivity contribution in [1.82, 2.24) is 15.7 Å². The number of aryl methyl sites for hydroxylation is 1. The molecule has 0 unspecified atom stereocenters. The zero-order valence-corrected chi connectivity index (χ0v) is 15.1. The van der Waals surface area contributed by atoms with E-state index in [2.05, 4.69) is 20.8 Å². The number of hydrazone groups is 1. The molecule has 0 bridgehead atoms. The molecule has 132 valence electrons. The average Bonchev–Trinajstić information content (AvgIpc) is 3.14. The Labute approximate surface area is 147 Å². The number of thiocarbonyl (C=S) groups is 1. The molecule has 24 heavy (non-hydrogen) atoms. The number of hydrogen-bond acceptors (Lipinski definition) is 5. The van der Waals surface area contributed by atoms with Gasteiger partial charge in [0.25, 0.3) is 0 Å². The normalized spacial score (nSPS) is 17.2. The Morgan fingerprint density at radius 2 is 2.33 bits per heavy atom. The van der Waals surface area contributed by atoms with E-state index >= 15 is 0 Å². The van der Waals surface area contributed by atoms with Crippen molar-refractivity contribution in [2.24, 2.45) is 5.10 Å². The highest BCUT2D eigenvalue weighted by molar-refractivity contribution is 7.80. The van der Waals surface area contributed by atoms with E-state index in [4.69, 9.17) is 21.7 Å². The molecule has 3 N–H and O–H groups in total. The predicted molar refractivity (Wildman–Crippen MR) is 96.5 cm³/mol. The summed E-state index contributed by atoms with van der Waals surface area (Å²) in [5.41, 5.74) is 5.61. The van der Waals surface area contributed by atoms with Crippen LogP contribution in [0.4, 0.5) is 0 Å². The topological polar surface area (TPSA) is 87.7 Å². The van der Waals surface area contributed by atoms with Crippen LogP contribution in [0.3, 0.4) is 0 Å². The van der Waals surface area contributed by atoms with Crippen LogP contribution in [0.25, 0.3) is 0 Å². The molecule has 1 aromatic heterocycles. The van der Waals surface area contributed by atoms with Crippen molar-refractivity contribution in [3.8, 4) is 0 Å². The number of nitrogens with zero attached hydrogens (tertiary/aromatic N) is 1. The Morgan fingerprint density at radius 1 is 1.54 bits per heavy atom. The van der Waals surface area contributed by atoms with Gasteiger partial charge in [0.05, 0.1) is 30.2 Å². The lowest BCUT2D eigenvalue weighted by Gasteiger charge is -2.11. The van der Waals surface area contributed by atoms with Crippen LogP contribution in [0.5, 0.6) is 0 Å². The zero-order valence-electron chi connectivity index (χ0n) is 14.3. The van der Waals surface area contributed by atoms with E-state index in [-0.39, 0.29) is 12.1 Å². The number of H-pyrrole nitrogens is 1. The lowest BCUT2D eigenvalue weighted by molar-refractivity contribution is 0.0525. The van der Waals surface area contributed by atoms with Gasteiger partial charge in [-0.2, -0.15) is 5.10 Å². The summed E-state index contributed by atoms with van der Waals surface area (Å²) in [6, 6.07) is 0. The summed E-state index contributed by atoms with van der Waals surface area (Å²) in [5.74, 6) is -0.329. The van der Waals surface area contributed by atoms with E-state index < -0.39 is 0 Å².